The van der Waals surface area contributed by atoms with Crippen molar-refractivity contribution in [1.82, 2.24) is 9.78 Å². The first-order chi connectivity index (χ1) is 14.8. The van der Waals surface area contributed by atoms with Crippen LogP contribution in [-0.2, 0) is 23.0 Å². The van der Waals surface area contributed by atoms with Gasteiger partial charge in [0, 0.05) is 23.4 Å². The third-order valence-corrected chi connectivity index (χ3v) is 7.06. The molecular formula is C23H21BrN2O5. The number of fused-ring (bicyclic) bond motifs is 3. The number of hydrogen-bond donors (Lipinski definition) is 3. The molecule has 7 nitrogen and oxygen atoms in total. The zero-order chi connectivity index (χ0) is 22.0. The second-order valence-electron chi connectivity index (χ2n) is 8.22. The fourth-order valence-corrected chi connectivity index (χ4v) is 5.68. The number of aromatic nitrogens is 2. The van der Waals surface area contributed by atoms with Crippen LogP contribution in [0.15, 0.2) is 65.3 Å². The van der Waals surface area contributed by atoms with Crippen molar-refractivity contribution in [2.45, 2.75) is 29.6 Å². The molecule has 5 rings (SSSR count). The van der Waals surface area contributed by atoms with Gasteiger partial charge in [-0.25, -0.2) is 0 Å². The van der Waals surface area contributed by atoms with E-state index in [2.05, 4.69) is 21.0 Å². The van der Waals surface area contributed by atoms with Gasteiger partial charge >= 0.3 is 5.97 Å². The molecule has 1 aliphatic carbocycles. The second-order valence-corrected chi connectivity index (χ2v) is 9.14. The number of aliphatic carboxylic acids is 1. The molecule has 0 spiro atoms. The topological polar surface area (TPSA) is 105 Å². The minimum Gasteiger partial charge on any atom is -0.481 e. The number of aryl methyl sites for hydroxylation is 1. The number of hydrogen-bond acceptors (Lipinski definition) is 5. The Labute approximate surface area is 187 Å². The summed E-state index contributed by atoms with van der Waals surface area (Å²) in [6, 6.07) is 16.6. The van der Waals surface area contributed by atoms with Gasteiger partial charge in [0.2, 0.25) is 0 Å². The van der Waals surface area contributed by atoms with E-state index < -0.39 is 35.1 Å². The fourth-order valence-electron chi connectivity index (χ4n) is 5.42. The van der Waals surface area contributed by atoms with Crippen LogP contribution in [0.5, 0.6) is 5.75 Å². The minimum atomic E-state index is -1.93. The predicted octanol–water partition coefficient (Wildman–Crippen LogP) is 2.91. The van der Waals surface area contributed by atoms with E-state index >= 15 is 0 Å². The van der Waals surface area contributed by atoms with E-state index in [0.717, 1.165) is 10.0 Å². The molecule has 31 heavy (non-hydrogen) atoms. The van der Waals surface area contributed by atoms with Crippen molar-refractivity contribution in [1.29, 1.82) is 0 Å². The standard InChI is InChI=1S/C23H21BrN2O5/c1-26-12-17-20(25-26)22(30)21(29)16(11-18(27)28)19(13-5-3-2-4-6-13)23(22,31-17)14-7-9-15(24)10-8-14/h2-10,12,16,19,21,29-30H,11H2,1H3,(H,27,28)/t16-,19-,21-,22+,23+/m1/s1. The number of aliphatic hydroxyl groups excluding tert-OH is 1. The van der Waals surface area contributed by atoms with Crippen LogP contribution in [0, 0.1) is 5.92 Å². The zero-order valence-corrected chi connectivity index (χ0v) is 18.2. The molecule has 2 aromatic carbocycles. The predicted molar refractivity (Wildman–Crippen MR) is 114 cm³/mol. The summed E-state index contributed by atoms with van der Waals surface area (Å²) in [4.78, 5) is 11.8. The number of nitrogens with zero attached hydrogens (tertiary/aromatic N) is 2. The van der Waals surface area contributed by atoms with Crippen LogP contribution < -0.4 is 4.74 Å². The highest BCUT2D eigenvalue weighted by Crippen LogP contribution is 2.68. The molecule has 2 aliphatic rings. The molecule has 160 valence electrons. The van der Waals surface area contributed by atoms with Crippen molar-refractivity contribution < 1.29 is 24.9 Å². The average Bonchev–Trinajstić information content (AvgIpc) is 3.28. The third kappa shape index (κ3) is 2.65. The Kier molecular flexibility index (Phi) is 4.51. The van der Waals surface area contributed by atoms with Crippen molar-refractivity contribution in [2.24, 2.45) is 13.0 Å². The lowest BCUT2D eigenvalue weighted by molar-refractivity contribution is -0.156. The van der Waals surface area contributed by atoms with Gasteiger partial charge in [0.15, 0.2) is 17.0 Å². The molecular weight excluding hydrogens is 464 g/mol. The molecule has 3 aromatic rings. The zero-order valence-electron chi connectivity index (χ0n) is 16.6. The van der Waals surface area contributed by atoms with Crippen LogP contribution in [0.2, 0.25) is 0 Å². The van der Waals surface area contributed by atoms with Gasteiger partial charge in [-0.1, -0.05) is 58.4 Å². The van der Waals surface area contributed by atoms with Crippen LogP contribution in [0.3, 0.4) is 0 Å². The van der Waals surface area contributed by atoms with E-state index in [4.69, 9.17) is 4.74 Å². The van der Waals surface area contributed by atoms with E-state index in [-0.39, 0.29) is 12.1 Å². The molecule has 0 bridgehead atoms. The Morgan fingerprint density at radius 1 is 1.19 bits per heavy atom. The number of aliphatic hydroxyl groups is 2. The summed E-state index contributed by atoms with van der Waals surface area (Å²) < 4.78 is 8.88. The van der Waals surface area contributed by atoms with Crippen molar-refractivity contribution in [3.05, 3.63) is 82.1 Å². The van der Waals surface area contributed by atoms with Crippen molar-refractivity contribution >= 4 is 21.9 Å². The van der Waals surface area contributed by atoms with Crippen molar-refractivity contribution in [2.75, 3.05) is 0 Å². The van der Waals surface area contributed by atoms with Crippen LogP contribution >= 0.6 is 15.9 Å². The van der Waals surface area contributed by atoms with Gasteiger partial charge in [-0.3, -0.25) is 9.48 Å². The summed E-state index contributed by atoms with van der Waals surface area (Å²) in [5.41, 5.74) is -1.74. The maximum atomic E-state index is 12.2. The molecule has 1 aromatic heterocycles. The van der Waals surface area contributed by atoms with Crippen molar-refractivity contribution in [3.8, 4) is 5.75 Å². The van der Waals surface area contributed by atoms with Crippen LogP contribution in [0.1, 0.15) is 29.2 Å². The Bertz CT molecular complexity index is 1150. The van der Waals surface area contributed by atoms with Crippen LogP contribution in [0.4, 0.5) is 0 Å². The molecule has 5 atom stereocenters. The lowest BCUT2D eigenvalue weighted by atomic mass is 9.71. The normalized spacial score (nSPS) is 31.2. The highest BCUT2D eigenvalue weighted by Gasteiger charge is 2.77. The van der Waals surface area contributed by atoms with E-state index in [9.17, 15) is 20.1 Å². The number of carbonyl (C=O) groups is 1. The summed E-state index contributed by atoms with van der Waals surface area (Å²) in [6.07, 6.45) is -0.0753. The molecule has 1 saturated carbocycles. The lowest BCUT2D eigenvalue weighted by Gasteiger charge is -2.40. The maximum Gasteiger partial charge on any atom is 0.303 e. The van der Waals surface area contributed by atoms with Crippen LogP contribution in [0.25, 0.3) is 0 Å². The van der Waals surface area contributed by atoms with E-state index in [1.165, 1.54) is 4.68 Å². The minimum absolute atomic E-state index is 0.222. The average molecular weight is 485 g/mol. The molecule has 0 radical (unpaired) electrons. The van der Waals surface area contributed by atoms with Gasteiger partial charge in [0.1, 0.15) is 5.69 Å². The molecule has 8 heteroatoms. The number of ether oxygens (including phenoxy) is 1. The Morgan fingerprint density at radius 3 is 2.52 bits per heavy atom. The molecule has 0 saturated heterocycles. The number of rotatable bonds is 4. The summed E-state index contributed by atoms with van der Waals surface area (Å²) in [6.45, 7) is 0. The molecule has 1 fully saturated rings. The molecule has 0 amide bonds. The summed E-state index contributed by atoms with van der Waals surface area (Å²) in [5.74, 6) is -2.11. The molecule has 1 aliphatic heterocycles. The van der Waals surface area contributed by atoms with Gasteiger partial charge in [0.25, 0.3) is 0 Å². The largest absolute Gasteiger partial charge is 0.481 e. The van der Waals surface area contributed by atoms with Gasteiger partial charge < -0.3 is 20.1 Å². The number of benzene rings is 2. The summed E-state index contributed by atoms with van der Waals surface area (Å²) in [7, 11) is 1.71. The van der Waals surface area contributed by atoms with Gasteiger partial charge in [-0.2, -0.15) is 5.10 Å². The first-order valence-electron chi connectivity index (χ1n) is 9.95. The number of carboxylic acid groups (broad SMARTS) is 1. The van der Waals surface area contributed by atoms with Gasteiger partial charge in [-0.15, -0.1) is 0 Å². The summed E-state index contributed by atoms with van der Waals surface area (Å²) >= 11 is 3.44. The van der Waals surface area contributed by atoms with Gasteiger partial charge in [-0.05, 0) is 23.3 Å². The third-order valence-electron chi connectivity index (χ3n) is 6.54. The van der Waals surface area contributed by atoms with Crippen LogP contribution in [-0.4, -0.2) is 37.2 Å². The smallest absolute Gasteiger partial charge is 0.303 e. The van der Waals surface area contributed by atoms with Gasteiger partial charge in [0.05, 0.1) is 18.7 Å². The first kappa shape index (κ1) is 20.2. The second kappa shape index (κ2) is 6.91. The first-order valence-corrected chi connectivity index (χ1v) is 10.7. The van der Waals surface area contributed by atoms with Crippen molar-refractivity contribution in [3.63, 3.8) is 0 Å². The molecule has 2 heterocycles. The Morgan fingerprint density at radius 2 is 1.87 bits per heavy atom. The maximum absolute atomic E-state index is 12.2. The molecule has 3 N–H and O–H groups in total. The monoisotopic (exact) mass is 484 g/mol. The Balaban J connectivity index is 1.83. The van der Waals surface area contributed by atoms with E-state index in [0.29, 0.717) is 11.3 Å². The molecule has 0 unspecified atom stereocenters. The quantitative estimate of drug-likeness (QED) is 0.525. The summed E-state index contributed by atoms with van der Waals surface area (Å²) in [5, 5.41) is 37.7. The van der Waals surface area contributed by atoms with E-state index in [1.807, 2.05) is 54.6 Å². The van der Waals surface area contributed by atoms with E-state index in [1.54, 1.807) is 13.2 Å². The lowest BCUT2D eigenvalue weighted by Crippen LogP contribution is -2.52. The Hall–Kier alpha value is -2.68. The fraction of sp³-hybridized carbons (Fsp3) is 0.304. The number of carboxylic acids is 1. The number of halogens is 1. The highest BCUT2D eigenvalue weighted by atomic mass is 79.9. The highest BCUT2D eigenvalue weighted by molar-refractivity contribution is 9.10. The SMILES string of the molecule is Cn1cc2c(n1)[C@]1(O)[C@H](O)[C@H](CC(=O)O)[C@@H](c3ccccc3)[C@]1(c1ccc(Br)cc1)O2.